The molecular weight excluding hydrogens is 335 g/mol. The van der Waals surface area contributed by atoms with Gasteiger partial charge in [-0.05, 0) is 36.4 Å². The van der Waals surface area contributed by atoms with Gasteiger partial charge in [0.1, 0.15) is 0 Å². The lowest BCUT2D eigenvalue weighted by Gasteiger charge is -2.08. The minimum Gasteiger partial charge on any atom is -0.267 e. The largest absolute Gasteiger partial charge is 0.269 e. The lowest BCUT2D eigenvalue weighted by Crippen LogP contribution is -2.41. The molecule has 108 valence electrons. The predicted molar refractivity (Wildman–Crippen MR) is 82.8 cm³/mol. The first kappa shape index (κ1) is 15.6. The second kappa shape index (κ2) is 6.80. The highest BCUT2D eigenvalue weighted by molar-refractivity contribution is 6.42. The van der Waals surface area contributed by atoms with Gasteiger partial charge in [-0.15, -0.1) is 0 Å². The van der Waals surface area contributed by atoms with Gasteiger partial charge in [0.25, 0.3) is 11.8 Å². The van der Waals surface area contributed by atoms with E-state index >= 15 is 0 Å². The molecule has 0 radical (unpaired) electrons. The topological polar surface area (TPSA) is 58.2 Å². The van der Waals surface area contributed by atoms with Crippen LogP contribution in [-0.4, -0.2) is 11.8 Å². The van der Waals surface area contributed by atoms with Gasteiger partial charge in [0, 0.05) is 16.1 Å². The van der Waals surface area contributed by atoms with Crippen molar-refractivity contribution in [2.24, 2.45) is 0 Å². The van der Waals surface area contributed by atoms with Crippen molar-refractivity contribution in [3.8, 4) is 0 Å². The zero-order chi connectivity index (χ0) is 15.4. The highest BCUT2D eigenvalue weighted by Gasteiger charge is 2.10. The minimum atomic E-state index is -0.510. The first-order valence-electron chi connectivity index (χ1n) is 5.78. The summed E-state index contributed by atoms with van der Waals surface area (Å²) in [7, 11) is 0. The molecular formula is C14H9Cl3N2O2. The van der Waals surface area contributed by atoms with E-state index in [1.807, 2.05) is 0 Å². The van der Waals surface area contributed by atoms with E-state index in [2.05, 4.69) is 10.9 Å². The normalized spacial score (nSPS) is 10.0. The number of carbonyl (C=O) groups excluding carboxylic acids is 2. The maximum atomic E-state index is 11.9. The fraction of sp³-hybridized carbons (Fsp3) is 0. The highest BCUT2D eigenvalue weighted by atomic mass is 35.5. The van der Waals surface area contributed by atoms with Crippen molar-refractivity contribution < 1.29 is 9.59 Å². The van der Waals surface area contributed by atoms with Gasteiger partial charge in [-0.25, -0.2) is 0 Å². The van der Waals surface area contributed by atoms with E-state index in [9.17, 15) is 9.59 Å². The Balaban J connectivity index is 2.00. The molecule has 2 amide bonds. The number of nitrogens with one attached hydrogen (secondary N) is 2. The lowest BCUT2D eigenvalue weighted by atomic mass is 10.2. The number of hydrogen-bond acceptors (Lipinski definition) is 2. The Morgan fingerprint density at radius 2 is 1.38 bits per heavy atom. The zero-order valence-corrected chi connectivity index (χ0v) is 12.8. The van der Waals surface area contributed by atoms with Crippen LogP contribution in [0.4, 0.5) is 0 Å². The molecule has 2 rings (SSSR count). The van der Waals surface area contributed by atoms with Crippen LogP contribution in [0.1, 0.15) is 20.7 Å². The van der Waals surface area contributed by atoms with Crippen LogP contribution in [-0.2, 0) is 0 Å². The highest BCUT2D eigenvalue weighted by Crippen LogP contribution is 2.22. The number of rotatable bonds is 2. The number of hydrazine groups is 1. The summed E-state index contributed by atoms with van der Waals surface area (Å²) >= 11 is 17.4. The minimum absolute atomic E-state index is 0.255. The molecule has 7 heteroatoms. The summed E-state index contributed by atoms with van der Waals surface area (Å²) in [5.41, 5.74) is 5.17. The molecule has 0 bridgehead atoms. The van der Waals surface area contributed by atoms with Crippen LogP contribution < -0.4 is 10.9 Å². The van der Waals surface area contributed by atoms with Crippen molar-refractivity contribution in [2.75, 3.05) is 0 Å². The van der Waals surface area contributed by atoms with Gasteiger partial charge in [0.2, 0.25) is 0 Å². The second-order valence-corrected chi connectivity index (χ2v) is 5.30. The van der Waals surface area contributed by atoms with Crippen LogP contribution >= 0.6 is 34.8 Å². The molecule has 0 spiro atoms. The Morgan fingerprint density at radius 3 is 1.95 bits per heavy atom. The van der Waals surface area contributed by atoms with Gasteiger partial charge in [-0.2, -0.15) is 0 Å². The zero-order valence-electron chi connectivity index (χ0n) is 10.5. The Kier molecular flexibility index (Phi) is 5.07. The standard InChI is InChI=1S/C14H9Cl3N2O2/c15-10-3-1-2-8(6-10)13(20)18-19-14(21)9-4-5-11(16)12(17)7-9/h1-7H,(H,18,20)(H,19,21). The molecule has 4 nitrogen and oxygen atoms in total. The van der Waals surface area contributed by atoms with Crippen LogP contribution in [0.2, 0.25) is 15.1 Å². The van der Waals surface area contributed by atoms with Crippen LogP contribution in [0, 0.1) is 0 Å². The van der Waals surface area contributed by atoms with Crippen LogP contribution in [0.15, 0.2) is 42.5 Å². The molecule has 0 aliphatic heterocycles. The van der Waals surface area contributed by atoms with E-state index in [1.54, 1.807) is 18.2 Å². The Morgan fingerprint density at radius 1 is 0.762 bits per heavy atom. The van der Waals surface area contributed by atoms with Gasteiger partial charge < -0.3 is 0 Å². The molecule has 0 unspecified atom stereocenters. The molecule has 0 saturated heterocycles. The molecule has 0 fully saturated rings. The summed E-state index contributed by atoms with van der Waals surface area (Å²) < 4.78 is 0. The number of halogens is 3. The molecule has 0 heterocycles. The fourth-order valence-corrected chi connectivity index (χ4v) is 2.01. The molecule has 2 aromatic carbocycles. The average molecular weight is 344 g/mol. The van der Waals surface area contributed by atoms with Crippen molar-refractivity contribution in [2.45, 2.75) is 0 Å². The maximum Gasteiger partial charge on any atom is 0.269 e. The maximum absolute atomic E-state index is 11.9. The first-order chi connectivity index (χ1) is 9.97. The Labute approximate surface area is 136 Å². The van der Waals surface area contributed by atoms with Crippen molar-refractivity contribution in [3.05, 3.63) is 68.7 Å². The number of amides is 2. The Hall–Kier alpha value is -1.75. The Bertz CT molecular complexity index is 704. The molecule has 2 aromatic rings. The number of benzene rings is 2. The molecule has 0 saturated carbocycles. The number of hydrogen-bond donors (Lipinski definition) is 2. The smallest absolute Gasteiger partial charge is 0.267 e. The second-order valence-electron chi connectivity index (χ2n) is 4.05. The summed E-state index contributed by atoms with van der Waals surface area (Å²) in [5.74, 6) is -0.991. The molecule has 0 aromatic heterocycles. The number of carbonyl (C=O) groups is 2. The van der Waals surface area contributed by atoms with Gasteiger partial charge in [0.05, 0.1) is 10.0 Å². The summed E-state index contributed by atoms with van der Waals surface area (Å²) in [5, 5.41) is 1.03. The molecule has 0 aliphatic rings. The van der Waals surface area contributed by atoms with Crippen LogP contribution in [0.25, 0.3) is 0 Å². The first-order valence-corrected chi connectivity index (χ1v) is 6.92. The van der Waals surface area contributed by atoms with Crippen molar-refractivity contribution in [3.63, 3.8) is 0 Å². The van der Waals surface area contributed by atoms with Crippen molar-refractivity contribution in [1.29, 1.82) is 0 Å². The molecule has 2 N–H and O–H groups in total. The molecule has 0 atom stereocenters. The third-order valence-corrected chi connectivity index (χ3v) is 3.53. The van der Waals surface area contributed by atoms with Gasteiger partial charge >= 0.3 is 0 Å². The van der Waals surface area contributed by atoms with E-state index < -0.39 is 11.8 Å². The lowest BCUT2D eigenvalue weighted by molar-refractivity contribution is 0.0846. The summed E-state index contributed by atoms with van der Waals surface area (Å²) in [6, 6.07) is 10.7. The van der Waals surface area contributed by atoms with E-state index in [0.29, 0.717) is 15.6 Å². The van der Waals surface area contributed by atoms with E-state index in [4.69, 9.17) is 34.8 Å². The van der Waals surface area contributed by atoms with E-state index in [1.165, 1.54) is 24.3 Å². The quantitative estimate of drug-likeness (QED) is 0.817. The third kappa shape index (κ3) is 4.11. The fourth-order valence-electron chi connectivity index (χ4n) is 1.52. The monoisotopic (exact) mass is 342 g/mol. The van der Waals surface area contributed by atoms with Gasteiger partial charge in [-0.1, -0.05) is 40.9 Å². The van der Waals surface area contributed by atoms with Gasteiger partial charge in [-0.3, -0.25) is 20.4 Å². The molecule has 0 aliphatic carbocycles. The SMILES string of the molecule is O=C(NNC(=O)c1ccc(Cl)c(Cl)c1)c1cccc(Cl)c1. The summed E-state index contributed by atoms with van der Waals surface area (Å²) in [6.45, 7) is 0. The molecule has 21 heavy (non-hydrogen) atoms. The van der Waals surface area contributed by atoms with Crippen LogP contribution in [0.5, 0.6) is 0 Å². The average Bonchev–Trinajstić information content (AvgIpc) is 2.47. The summed E-state index contributed by atoms with van der Waals surface area (Å²) in [6.07, 6.45) is 0. The van der Waals surface area contributed by atoms with Crippen molar-refractivity contribution in [1.82, 2.24) is 10.9 Å². The van der Waals surface area contributed by atoms with Crippen molar-refractivity contribution >= 4 is 46.6 Å². The third-order valence-electron chi connectivity index (χ3n) is 2.56. The van der Waals surface area contributed by atoms with Crippen LogP contribution in [0.3, 0.4) is 0 Å². The van der Waals surface area contributed by atoms with E-state index in [-0.39, 0.29) is 10.6 Å². The summed E-state index contributed by atoms with van der Waals surface area (Å²) in [4.78, 5) is 23.7. The predicted octanol–water partition coefficient (Wildman–Crippen LogP) is 3.72. The van der Waals surface area contributed by atoms with E-state index in [0.717, 1.165) is 0 Å². The van der Waals surface area contributed by atoms with Gasteiger partial charge in [0.15, 0.2) is 0 Å².